The minimum absolute atomic E-state index is 0.262. The van der Waals surface area contributed by atoms with Gasteiger partial charge in [0.15, 0.2) is 0 Å². The highest BCUT2D eigenvalue weighted by Crippen LogP contribution is 2.64. The molecule has 1 aromatic carbocycles. The molecule has 1 spiro atoms. The summed E-state index contributed by atoms with van der Waals surface area (Å²) in [6.45, 7) is 13.4. The second-order valence-corrected chi connectivity index (χ2v) is 11.5. The molecule has 4 nitrogen and oxygen atoms in total. The van der Waals surface area contributed by atoms with Crippen LogP contribution in [0.3, 0.4) is 0 Å². The van der Waals surface area contributed by atoms with E-state index in [1.165, 1.54) is 12.1 Å². The normalized spacial score (nSPS) is 26.5. The predicted octanol–water partition coefficient (Wildman–Crippen LogP) is 6.36. The van der Waals surface area contributed by atoms with Crippen molar-refractivity contribution in [3.05, 3.63) is 47.5 Å². The van der Waals surface area contributed by atoms with Crippen LogP contribution in [0.2, 0.25) is 0 Å². The van der Waals surface area contributed by atoms with Crippen LogP contribution < -0.4 is 5.32 Å². The van der Waals surface area contributed by atoms with Gasteiger partial charge in [0, 0.05) is 23.9 Å². The molecule has 2 aliphatic heterocycles. The molecule has 192 valence electrons. The van der Waals surface area contributed by atoms with Crippen LogP contribution in [-0.2, 0) is 6.18 Å². The molecule has 1 aliphatic carbocycles. The van der Waals surface area contributed by atoms with Gasteiger partial charge in [-0.15, -0.1) is 16.9 Å². The molecular formula is C27H37F3N4S. The molecule has 8 heteroatoms. The van der Waals surface area contributed by atoms with Crippen molar-refractivity contribution in [3.63, 3.8) is 0 Å². The third-order valence-electron chi connectivity index (χ3n) is 7.75. The van der Waals surface area contributed by atoms with Gasteiger partial charge < -0.3 is 10.2 Å². The molecule has 1 aromatic rings. The van der Waals surface area contributed by atoms with Crippen LogP contribution in [0.25, 0.3) is 0 Å². The average Bonchev–Trinajstić information content (AvgIpc) is 3.39. The van der Waals surface area contributed by atoms with E-state index in [9.17, 15) is 13.2 Å². The van der Waals surface area contributed by atoms with E-state index in [1.807, 2.05) is 6.92 Å². The number of halogens is 3. The summed E-state index contributed by atoms with van der Waals surface area (Å²) < 4.78 is 38.6. The molecule has 0 bridgehead atoms. The van der Waals surface area contributed by atoms with Gasteiger partial charge in [0.1, 0.15) is 5.04 Å². The van der Waals surface area contributed by atoms with Crippen molar-refractivity contribution in [2.45, 2.75) is 58.0 Å². The molecule has 2 heterocycles. The van der Waals surface area contributed by atoms with E-state index >= 15 is 0 Å². The number of hydrogen-bond donors (Lipinski definition) is 1. The number of rotatable bonds is 8. The van der Waals surface area contributed by atoms with Gasteiger partial charge in [-0.1, -0.05) is 18.7 Å². The molecule has 3 aliphatic rings. The van der Waals surface area contributed by atoms with Crippen molar-refractivity contribution in [3.8, 4) is 0 Å². The zero-order chi connectivity index (χ0) is 25.1. The van der Waals surface area contributed by atoms with Crippen LogP contribution in [-0.4, -0.2) is 54.1 Å². The topological polar surface area (TPSA) is 40.0 Å². The van der Waals surface area contributed by atoms with Crippen molar-refractivity contribution >= 4 is 22.5 Å². The number of nitrogens with one attached hydrogen (secondary N) is 1. The quantitative estimate of drug-likeness (QED) is 0.193. The third-order valence-corrected chi connectivity index (χ3v) is 8.94. The summed E-state index contributed by atoms with van der Waals surface area (Å²) in [6.07, 6.45) is 1.26. The lowest BCUT2D eigenvalue weighted by molar-refractivity contribution is -0.137. The Bertz CT molecular complexity index is 950. The fourth-order valence-corrected chi connectivity index (χ4v) is 6.30. The predicted molar refractivity (Wildman–Crippen MR) is 140 cm³/mol. The van der Waals surface area contributed by atoms with Gasteiger partial charge in [0.2, 0.25) is 0 Å². The largest absolute Gasteiger partial charge is 0.416 e. The number of piperidine rings is 1. The van der Waals surface area contributed by atoms with Crippen LogP contribution in [0, 0.1) is 11.3 Å². The van der Waals surface area contributed by atoms with E-state index in [0.717, 1.165) is 92.5 Å². The molecule has 0 radical (unpaired) electrons. The Morgan fingerprint density at radius 2 is 1.89 bits per heavy atom. The van der Waals surface area contributed by atoms with Gasteiger partial charge in [-0.25, -0.2) is 0 Å². The van der Waals surface area contributed by atoms with Crippen molar-refractivity contribution in [1.82, 2.24) is 10.2 Å². The summed E-state index contributed by atoms with van der Waals surface area (Å²) in [6, 6.07) is 5.80. The molecule has 0 aromatic heterocycles. The standard InChI is InChI=1S/C27H37F3N4S/c1-19(2)25(33-32-20(3)21-9-12-31-13-10-21)35-16-4-14-34-15-11-26(18-34)17-24(26)22-5-7-23(8-6-22)27(28,29)30/h5-8,21,24,31H,1,4,9-18H2,2-3H3/b32-20+,33-25+/t24?,26-/m0/s1. The Morgan fingerprint density at radius 1 is 1.17 bits per heavy atom. The van der Waals surface area contributed by atoms with Gasteiger partial charge in [0.25, 0.3) is 0 Å². The van der Waals surface area contributed by atoms with Crippen LogP contribution in [0.4, 0.5) is 13.2 Å². The number of thioether (sulfide) groups is 1. The van der Waals surface area contributed by atoms with Crippen LogP contribution in [0.15, 0.2) is 46.6 Å². The van der Waals surface area contributed by atoms with E-state index in [1.54, 1.807) is 23.9 Å². The van der Waals surface area contributed by atoms with Gasteiger partial charge in [0.05, 0.1) is 5.56 Å². The number of nitrogens with zero attached hydrogens (tertiary/aromatic N) is 3. The van der Waals surface area contributed by atoms with Crippen molar-refractivity contribution in [2.75, 3.05) is 38.5 Å². The van der Waals surface area contributed by atoms with E-state index in [2.05, 4.69) is 33.9 Å². The number of alkyl halides is 3. The van der Waals surface area contributed by atoms with Crippen molar-refractivity contribution in [2.24, 2.45) is 21.5 Å². The first kappa shape index (κ1) is 26.4. The lowest BCUT2D eigenvalue weighted by Crippen LogP contribution is -2.30. The van der Waals surface area contributed by atoms with Crippen molar-refractivity contribution < 1.29 is 13.2 Å². The monoisotopic (exact) mass is 506 g/mol. The fraction of sp³-hybridized carbons (Fsp3) is 0.630. The molecule has 1 saturated carbocycles. The number of benzene rings is 1. The first-order chi connectivity index (χ1) is 16.7. The molecular weight excluding hydrogens is 469 g/mol. The van der Waals surface area contributed by atoms with E-state index in [0.29, 0.717) is 11.8 Å². The SMILES string of the molecule is C=C(C)/C(=N\N=C(/C)C1CCNCC1)SCCCN1CC[C@]2(CC2c2ccc(C(F)(F)F)cc2)C1. The molecule has 2 saturated heterocycles. The first-order valence-corrected chi connectivity index (χ1v) is 13.7. The van der Waals surface area contributed by atoms with Gasteiger partial charge in [-0.2, -0.15) is 18.3 Å². The van der Waals surface area contributed by atoms with E-state index in [-0.39, 0.29) is 5.41 Å². The third kappa shape index (κ3) is 6.77. The Labute approximate surface area is 211 Å². The number of hydrogen-bond acceptors (Lipinski definition) is 5. The van der Waals surface area contributed by atoms with Crippen LogP contribution in [0.1, 0.15) is 63.0 Å². The maximum absolute atomic E-state index is 12.9. The highest BCUT2D eigenvalue weighted by atomic mass is 32.2. The molecule has 1 unspecified atom stereocenters. The second-order valence-electron chi connectivity index (χ2n) is 10.4. The summed E-state index contributed by atoms with van der Waals surface area (Å²) in [4.78, 5) is 2.52. The Morgan fingerprint density at radius 3 is 2.54 bits per heavy atom. The maximum atomic E-state index is 12.9. The summed E-state index contributed by atoms with van der Waals surface area (Å²) in [5, 5.41) is 13.4. The summed E-state index contributed by atoms with van der Waals surface area (Å²) in [7, 11) is 0. The molecule has 2 atom stereocenters. The Balaban J connectivity index is 1.21. The molecule has 3 fully saturated rings. The van der Waals surface area contributed by atoms with E-state index in [4.69, 9.17) is 0 Å². The summed E-state index contributed by atoms with van der Waals surface area (Å²) in [5.74, 6) is 1.89. The maximum Gasteiger partial charge on any atom is 0.416 e. The smallest absolute Gasteiger partial charge is 0.317 e. The number of likely N-dealkylation sites (tertiary alicyclic amines) is 1. The molecule has 1 N–H and O–H groups in total. The van der Waals surface area contributed by atoms with E-state index < -0.39 is 11.7 Å². The van der Waals surface area contributed by atoms with Gasteiger partial charge in [-0.05, 0) is 107 Å². The Kier molecular flexibility index (Phi) is 8.44. The highest BCUT2D eigenvalue weighted by molar-refractivity contribution is 8.14. The summed E-state index contributed by atoms with van der Waals surface area (Å²) in [5.41, 5.74) is 2.82. The zero-order valence-corrected chi connectivity index (χ0v) is 21.6. The second kappa shape index (κ2) is 11.2. The molecule has 4 rings (SSSR count). The average molecular weight is 507 g/mol. The fourth-order valence-electron chi connectivity index (χ4n) is 5.49. The van der Waals surface area contributed by atoms with Crippen molar-refractivity contribution in [1.29, 1.82) is 0 Å². The van der Waals surface area contributed by atoms with Gasteiger partial charge in [-0.3, -0.25) is 0 Å². The van der Waals surface area contributed by atoms with Gasteiger partial charge >= 0.3 is 6.18 Å². The zero-order valence-electron chi connectivity index (χ0n) is 20.8. The van der Waals surface area contributed by atoms with Crippen LogP contribution in [0.5, 0.6) is 0 Å². The summed E-state index contributed by atoms with van der Waals surface area (Å²) >= 11 is 1.73. The highest BCUT2D eigenvalue weighted by Gasteiger charge is 2.57. The minimum atomic E-state index is -4.27. The van der Waals surface area contributed by atoms with Crippen LogP contribution >= 0.6 is 11.8 Å². The Hall–Kier alpha value is -1.64. The lowest BCUT2D eigenvalue weighted by atomic mass is 9.94. The minimum Gasteiger partial charge on any atom is -0.317 e. The molecule has 35 heavy (non-hydrogen) atoms. The first-order valence-electron chi connectivity index (χ1n) is 12.7. The lowest BCUT2D eigenvalue weighted by Gasteiger charge is -2.21. The molecule has 0 amide bonds.